The molecule has 0 bridgehead atoms. The highest BCUT2D eigenvalue weighted by Crippen LogP contribution is 2.50. The number of ether oxygens (including phenoxy) is 1. The fourth-order valence-electron chi connectivity index (χ4n) is 1.27. The average molecular weight is 180 g/mol. The lowest BCUT2D eigenvalue weighted by Gasteiger charge is -2.26. The molecule has 0 aliphatic carbocycles. The maximum absolute atomic E-state index is 10.8. The Hall–Kier alpha value is 0.0700. The van der Waals surface area contributed by atoms with Crippen LogP contribution in [0.5, 0.6) is 0 Å². The van der Waals surface area contributed by atoms with E-state index in [0.717, 1.165) is 0 Å². The van der Waals surface area contributed by atoms with Crippen LogP contribution in [0.25, 0.3) is 0 Å². The van der Waals surface area contributed by atoms with Gasteiger partial charge in [-0.2, -0.15) is 0 Å². The predicted octanol–water partition coefficient (Wildman–Crippen LogP) is 0.291. The third-order valence-corrected chi connectivity index (χ3v) is 2.83. The van der Waals surface area contributed by atoms with Crippen LogP contribution >= 0.6 is 7.82 Å². The summed E-state index contributed by atoms with van der Waals surface area (Å²) >= 11 is 0. The van der Waals surface area contributed by atoms with Crippen LogP contribution in [0, 0.1) is 0 Å². The maximum atomic E-state index is 10.8. The third-order valence-electron chi connectivity index (χ3n) is 1.82. The van der Waals surface area contributed by atoms with Crippen molar-refractivity contribution in [2.24, 2.45) is 0 Å². The summed E-state index contributed by atoms with van der Waals surface area (Å²) in [7, 11) is -3.74. The first-order valence-corrected chi connectivity index (χ1v) is 4.94. The first-order chi connectivity index (χ1) is 5.17. The van der Waals surface area contributed by atoms with E-state index in [1.807, 2.05) is 0 Å². The second-order valence-corrected chi connectivity index (χ2v) is 4.01. The Bertz CT molecular complexity index is 205. The highest BCUT2D eigenvalue weighted by Gasteiger charge is 2.41. The molecular weight excluding hydrogens is 171 g/mol. The molecule has 2 aliphatic rings. The maximum Gasteiger partial charge on any atom is 0.472 e. The van der Waals surface area contributed by atoms with Crippen LogP contribution < -0.4 is 0 Å². The number of hydrogen-bond donors (Lipinski definition) is 1. The van der Waals surface area contributed by atoms with E-state index in [0.29, 0.717) is 13.0 Å². The van der Waals surface area contributed by atoms with E-state index in [1.54, 1.807) is 0 Å². The fourth-order valence-corrected chi connectivity index (χ4v) is 2.25. The van der Waals surface area contributed by atoms with Gasteiger partial charge < -0.3 is 9.63 Å². The van der Waals surface area contributed by atoms with Crippen LogP contribution in [0.2, 0.25) is 0 Å². The molecule has 0 saturated carbocycles. The summed E-state index contributed by atoms with van der Waals surface area (Å²) in [5, 5.41) is 0. The van der Waals surface area contributed by atoms with Gasteiger partial charge in [0.05, 0.1) is 6.61 Å². The second kappa shape index (κ2) is 2.54. The van der Waals surface area contributed by atoms with Gasteiger partial charge in [0.1, 0.15) is 12.2 Å². The van der Waals surface area contributed by atoms with Gasteiger partial charge in [-0.15, -0.1) is 0 Å². The summed E-state index contributed by atoms with van der Waals surface area (Å²) < 4.78 is 25.3. The molecule has 11 heavy (non-hydrogen) atoms. The van der Waals surface area contributed by atoms with E-state index in [9.17, 15) is 4.57 Å². The molecule has 0 aromatic heterocycles. The highest BCUT2D eigenvalue weighted by atomic mass is 31.2. The molecule has 0 aromatic carbocycles. The molecule has 0 spiro atoms. The molecule has 2 fully saturated rings. The van der Waals surface area contributed by atoms with Crippen molar-refractivity contribution >= 4 is 7.82 Å². The molecule has 0 amide bonds. The van der Waals surface area contributed by atoms with E-state index < -0.39 is 7.82 Å². The van der Waals surface area contributed by atoms with Crippen molar-refractivity contribution in [2.75, 3.05) is 13.2 Å². The zero-order valence-electron chi connectivity index (χ0n) is 5.80. The van der Waals surface area contributed by atoms with Crippen molar-refractivity contribution in [1.82, 2.24) is 0 Å². The van der Waals surface area contributed by atoms with Gasteiger partial charge in [-0.25, -0.2) is 4.57 Å². The Morgan fingerprint density at radius 3 is 3.09 bits per heavy atom. The number of phosphoric ester groups is 1. The first kappa shape index (κ1) is 7.71. The Labute approximate surface area is 63.9 Å². The molecule has 2 saturated heterocycles. The van der Waals surface area contributed by atoms with Gasteiger partial charge in [0.15, 0.2) is 0 Å². The summed E-state index contributed by atoms with van der Waals surface area (Å²) in [6.45, 7) is 0.747. The smallest absolute Gasteiger partial charge is 0.373 e. The van der Waals surface area contributed by atoms with Crippen LogP contribution in [0.4, 0.5) is 0 Å². The lowest BCUT2D eigenvalue weighted by atomic mass is 10.2. The Morgan fingerprint density at radius 2 is 2.27 bits per heavy atom. The quantitative estimate of drug-likeness (QED) is 0.543. The van der Waals surface area contributed by atoms with Crippen molar-refractivity contribution in [2.45, 2.75) is 18.6 Å². The Morgan fingerprint density at radius 1 is 1.45 bits per heavy atom. The van der Waals surface area contributed by atoms with Crippen LogP contribution in [0.15, 0.2) is 0 Å². The fraction of sp³-hybridized carbons (Fsp3) is 1.00. The molecule has 2 aliphatic heterocycles. The molecular formula is C5H9O5P. The van der Waals surface area contributed by atoms with Crippen molar-refractivity contribution in [3.8, 4) is 0 Å². The number of phosphoric acid groups is 1. The zero-order chi connectivity index (χ0) is 7.90. The normalized spacial score (nSPS) is 50.6. The second-order valence-electron chi connectivity index (χ2n) is 2.61. The summed E-state index contributed by atoms with van der Waals surface area (Å²) in [6.07, 6.45) is 0.280. The Balaban J connectivity index is 2.08. The van der Waals surface area contributed by atoms with Gasteiger partial charge in [0.25, 0.3) is 0 Å². The number of rotatable bonds is 0. The van der Waals surface area contributed by atoms with Crippen molar-refractivity contribution in [3.05, 3.63) is 0 Å². The predicted molar refractivity (Wildman–Crippen MR) is 35.0 cm³/mol. The lowest BCUT2D eigenvalue weighted by Crippen LogP contribution is -2.32. The lowest BCUT2D eigenvalue weighted by molar-refractivity contribution is -0.0364. The number of fused-ring (bicyclic) bond motifs is 1. The van der Waals surface area contributed by atoms with E-state index in [4.69, 9.17) is 14.2 Å². The molecule has 2 rings (SSSR count). The summed E-state index contributed by atoms with van der Waals surface area (Å²) in [4.78, 5) is 8.88. The highest BCUT2D eigenvalue weighted by molar-refractivity contribution is 7.47. The van der Waals surface area contributed by atoms with Gasteiger partial charge in [0.2, 0.25) is 0 Å². The molecule has 6 heteroatoms. The monoisotopic (exact) mass is 180 g/mol. The van der Waals surface area contributed by atoms with E-state index in [-0.39, 0.29) is 18.8 Å². The minimum atomic E-state index is -3.74. The minimum absolute atomic E-state index is 0.149. The molecule has 1 N–H and O–H groups in total. The standard InChI is InChI=1S/C5H9O5P/c6-11(7)9-3-5-4(10-11)1-2-8-5/h4-5H,1-3H2,(H,6,7)/t4-,5?/m0/s1. The summed E-state index contributed by atoms with van der Waals surface area (Å²) in [5.41, 5.74) is 0. The van der Waals surface area contributed by atoms with E-state index in [2.05, 4.69) is 4.52 Å². The molecule has 0 aromatic rings. The molecule has 5 nitrogen and oxygen atoms in total. The first-order valence-electron chi connectivity index (χ1n) is 3.45. The summed E-state index contributed by atoms with van der Waals surface area (Å²) in [6, 6.07) is 0. The van der Waals surface area contributed by atoms with Crippen molar-refractivity contribution in [1.29, 1.82) is 0 Å². The minimum Gasteiger partial charge on any atom is -0.373 e. The van der Waals surface area contributed by atoms with Crippen molar-refractivity contribution < 1.29 is 23.2 Å². The zero-order valence-corrected chi connectivity index (χ0v) is 6.70. The van der Waals surface area contributed by atoms with Crippen LogP contribution in [-0.4, -0.2) is 30.3 Å². The van der Waals surface area contributed by atoms with Gasteiger partial charge in [-0.05, 0) is 0 Å². The Kier molecular flexibility index (Phi) is 1.78. The SMILES string of the molecule is O=P1(O)OCC2OCC[C@@H]2O1. The van der Waals surface area contributed by atoms with Gasteiger partial charge >= 0.3 is 7.82 Å². The van der Waals surface area contributed by atoms with Gasteiger partial charge in [-0.1, -0.05) is 0 Å². The van der Waals surface area contributed by atoms with Crippen LogP contribution in [-0.2, 0) is 18.3 Å². The number of hydrogen-bond acceptors (Lipinski definition) is 4. The largest absolute Gasteiger partial charge is 0.472 e. The van der Waals surface area contributed by atoms with E-state index >= 15 is 0 Å². The molecule has 64 valence electrons. The third kappa shape index (κ3) is 1.48. The molecule has 2 unspecified atom stereocenters. The van der Waals surface area contributed by atoms with Crippen molar-refractivity contribution in [3.63, 3.8) is 0 Å². The van der Waals surface area contributed by atoms with E-state index in [1.165, 1.54) is 0 Å². The summed E-state index contributed by atoms with van der Waals surface area (Å²) in [5.74, 6) is 0. The van der Waals surface area contributed by atoms with Gasteiger partial charge in [0, 0.05) is 13.0 Å². The molecule has 3 atom stereocenters. The molecule has 0 radical (unpaired) electrons. The van der Waals surface area contributed by atoms with Crippen LogP contribution in [0.3, 0.4) is 0 Å². The topological polar surface area (TPSA) is 65.0 Å². The average Bonchev–Trinajstić information content (AvgIpc) is 2.31. The molecule has 2 heterocycles. The van der Waals surface area contributed by atoms with Gasteiger partial charge in [-0.3, -0.25) is 9.05 Å². The van der Waals surface area contributed by atoms with Crippen LogP contribution in [0.1, 0.15) is 6.42 Å².